The van der Waals surface area contributed by atoms with E-state index in [-0.39, 0.29) is 6.10 Å². The van der Waals surface area contributed by atoms with E-state index < -0.39 is 0 Å². The molecule has 0 unspecified atom stereocenters. The highest BCUT2D eigenvalue weighted by Crippen LogP contribution is 2.28. The molecule has 0 bridgehead atoms. The van der Waals surface area contributed by atoms with E-state index >= 15 is 0 Å². The summed E-state index contributed by atoms with van der Waals surface area (Å²) in [6, 6.07) is 3.96. The number of hydrogen-bond acceptors (Lipinski definition) is 8. The molecule has 0 radical (unpaired) electrons. The molecule has 4 rings (SSSR count). The van der Waals surface area contributed by atoms with Crippen LogP contribution in [0, 0.1) is 0 Å². The molecule has 0 spiro atoms. The molecule has 0 aromatic carbocycles. The molecule has 0 amide bonds. The van der Waals surface area contributed by atoms with E-state index in [1.807, 2.05) is 17.0 Å². The smallest absolute Gasteiger partial charge is 0.227 e. The molecular formula is C17H24N6O3. The Hall–Kier alpha value is -2.23. The molecule has 3 N–H and O–H groups in total. The Morgan fingerprint density at radius 2 is 2.27 bits per heavy atom. The van der Waals surface area contributed by atoms with Crippen LogP contribution in [-0.2, 0) is 22.6 Å². The second kappa shape index (κ2) is 7.56. The van der Waals surface area contributed by atoms with Crippen LogP contribution >= 0.6 is 0 Å². The largest absolute Gasteiger partial charge is 0.389 e. The van der Waals surface area contributed by atoms with Crippen molar-refractivity contribution in [3.05, 3.63) is 29.2 Å². The lowest BCUT2D eigenvalue weighted by Gasteiger charge is -2.36. The lowest BCUT2D eigenvalue weighted by Crippen LogP contribution is -2.51. The molecule has 1 atom stereocenters. The Morgan fingerprint density at radius 1 is 1.38 bits per heavy atom. The van der Waals surface area contributed by atoms with Crippen molar-refractivity contribution >= 4 is 11.8 Å². The number of anilines is 2. The third-order valence-corrected chi connectivity index (χ3v) is 4.66. The Kier molecular flexibility index (Phi) is 5.00. The fraction of sp³-hybridized carbons (Fsp3) is 0.588. The summed E-state index contributed by atoms with van der Waals surface area (Å²) in [5, 5.41) is 20.1. The normalized spacial score (nSPS) is 20.4. The second-order valence-corrected chi connectivity index (χ2v) is 6.77. The van der Waals surface area contributed by atoms with Crippen LogP contribution in [0.5, 0.6) is 0 Å². The summed E-state index contributed by atoms with van der Waals surface area (Å²) >= 11 is 0. The Morgan fingerprint density at radius 3 is 3.00 bits per heavy atom. The predicted molar refractivity (Wildman–Crippen MR) is 95.1 cm³/mol. The maximum atomic E-state index is 9.57. The maximum Gasteiger partial charge on any atom is 0.227 e. The minimum Gasteiger partial charge on any atom is -0.389 e. The molecular weight excluding hydrogens is 336 g/mol. The molecule has 9 heteroatoms. The van der Waals surface area contributed by atoms with E-state index in [9.17, 15) is 5.11 Å². The highest BCUT2D eigenvalue weighted by atomic mass is 16.5. The number of rotatable bonds is 7. The summed E-state index contributed by atoms with van der Waals surface area (Å²) in [4.78, 5) is 11.3. The number of aliphatic hydroxyl groups excluding tert-OH is 1. The molecule has 2 fully saturated rings. The van der Waals surface area contributed by atoms with Crippen molar-refractivity contribution in [2.75, 3.05) is 43.6 Å². The standard InChI is InChI=1S/C17H24N6O3/c1-25-10-13-4-12(21-22-13)6-18-16-5-15(11-2-3-26-9-11)19-17(20-16)23-7-14(24)8-23/h4-5,11,14,24H,2-3,6-10H2,1H3,(H,21,22)(H,18,19,20)/t11-/m0/s1. The number of aromatic nitrogens is 4. The van der Waals surface area contributed by atoms with Gasteiger partial charge in [0.2, 0.25) is 5.95 Å². The van der Waals surface area contributed by atoms with E-state index in [0.29, 0.717) is 44.7 Å². The molecule has 0 aliphatic carbocycles. The lowest BCUT2D eigenvalue weighted by atomic mass is 10.0. The van der Waals surface area contributed by atoms with Crippen molar-refractivity contribution in [2.24, 2.45) is 0 Å². The molecule has 2 aromatic rings. The monoisotopic (exact) mass is 360 g/mol. The van der Waals surface area contributed by atoms with Gasteiger partial charge in [-0.2, -0.15) is 10.1 Å². The zero-order valence-corrected chi connectivity index (χ0v) is 14.8. The minimum absolute atomic E-state index is 0.294. The van der Waals surface area contributed by atoms with E-state index in [2.05, 4.69) is 20.5 Å². The van der Waals surface area contributed by atoms with Gasteiger partial charge in [0.05, 0.1) is 42.9 Å². The van der Waals surface area contributed by atoms with Gasteiger partial charge in [-0.1, -0.05) is 0 Å². The van der Waals surface area contributed by atoms with Gasteiger partial charge in [0, 0.05) is 38.8 Å². The van der Waals surface area contributed by atoms with Gasteiger partial charge in [-0.3, -0.25) is 5.10 Å². The maximum absolute atomic E-state index is 9.57. The Bertz CT molecular complexity index is 740. The molecule has 140 valence electrons. The number of nitrogens with zero attached hydrogens (tertiary/aromatic N) is 4. The van der Waals surface area contributed by atoms with Gasteiger partial charge in [-0.05, 0) is 12.5 Å². The third-order valence-electron chi connectivity index (χ3n) is 4.66. The number of aliphatic hydroxyl groups is 1. The van der Waals surface area contributed by atoms with Gasteiger partial charge in [-0.15, -0.1) is 0 Å². The van der Waals surface area contributed by atoms with Gasteiger partial charge in [0.1, 0.15) is 5.82 Å². The van der Waals surface area contributed by atoms with E-state index in [1.165, 1.54) is 0 Å². The first-order chi connectivity index (χ1) is 12.7. The molecule has 0 saturated carbocycles. The molecule has 9 nitrogen and oxygen atoms in total. The summed E-state index contributed by atoms with van der Waals surface area (Å²) < 4.78 is 10.6. The first-order valence-electron chi connectivity index (χ1n) is 8.87. The zero-order valence-electron chi connectivity index (χ0n) is 14.8. The molecule has 26 heavy (non-hydrogen) atoms. The summed E-state index contributed by atoms with van der Waals surface area (Å²) in [6.07, 6.45) is 0.678. The highest BCUT2D eigenvalue weighted by Gasteiger charge is 2.28. The van der Waals surface area contributed by atoms with Crippen LogP contribution in [-0.4, -0.2) is 64.8 Å². The summed E-state index contributed by atoms with van der Waals surface area (Å²) in [7, 11) is 1.65. The van der Waals surface area contributed by atoms with Gasteiger partial charge in [0.15, 0.2) is 0 Å². The van der Waals surface area contributed by atoms with E-state index in [1.54, 1.807) is 7.11 Å². The Balaban J connectivity index is 1.49. The van der Waals surface area contributed by atoms with Crippen molar-refractivity contribution in [1.82, 2.24) is 20.2 Å². The quantitative estimate of drug-likeness (QED) is 0.660. The minimum atomic E-state index is -0.294. The fourth-order valence-electron chi connectivity index (χ4n) is 3.19. The average Bonchev–Trinajstić information content (AvgIpc) is 3.29. The summed E-state index contributed by atoms with van der Waals surface area (Å²) in [6.45, 7) is 3.68. The predicted octanol–water partition coefficient (Wildman–Crippen LogP) is 0.643. The van der Waals surface area contributed by atoms with Crippen molar-refractivity contribution in [3.8, 4) is 0 Å². The number of aromatic amines is 1. The fourth-order valence-corrected chi connectivity index (χ4v) is 3.19. The number of H-pyrrole nitrogens is 1. The molecule has 2 aromatic heterocycles. The van der Waals surface area contributed by atoms with Crippen LogP contribution in [0.2, 0.25) is 0 Å². The number of methoxy groups -OCH3 is 1. The Labute approximate surface area is 151 Å². The summed E-state index contributed by atoms with van der Waals surface area (Å²) in [5.74, 6) is 1.72. The molecule has 4 heterocycles. The van der Waals surface area contributed by atoms with Gasteiger partial charge < -0.3 is 24.8 Å². The highest BCUT2D eigenvalue weighted by molar-refractivity contribution is 5.46. The van der Waals surface area contributed by atoms with Crippen molar-refractivity contribution in [3.63, 3.8) is 0 Å². The van der Waals surface area contributed by atoms with Crippen LogP contribution in [0.25, 0.3) is 0 Å². The van der Waals surface area contributed by atoms with Crippen LogP contribution in [0.3, 0.4) is 0 Å². The van der Waals surface area contributed by atoms with Gasteiger partial charge >= 0.3 is 0 Å². The SMILES string of the molecule is COCc1cc(CNc2cc([C@H]3CCOC3)nc(N3CC(O)C3)n2)[nH]n1. The van der Waals surface area contributed by atoms with E-state index in [0.717, 1.165) is 35.9 Å². The van der Waals surface area contributed by atoms with Crippen molar-refractivity contribution < 1.29 is 14.6 Å². The van der Waals surface area contributed by atoms with Crippen molar-refractivity contribution in [1.29, 1.82) is 0 Å². The number of β-amino-alcohol motifs (C(OH)–C–C–N with tert-alkyl or cyclic N) is 1. The second-order valence-electron chi connectivity index (χ2n) is 6.77. The zero-order chi connectivity index (χ0) is 17.9. The summed E-state index contributed by atoms with van der Waals surface area (Å²) in [5.41, 5.74) is 2.81. The van der Waals surface area contributed by atoms with Crippen molar-refractivity contribution in [2.45, 2.75) is 31.6 Å². The molecule has 2 aliphatic heterocycles. The lowest BCUT2D eigenvalue weighted by molar-refractivity contribution is 0.140. The number of ether oxygens (including phenoxy) is 2. The number of hydrogen-bond donors (Lipinski definition) is 3. The molecule has 2 aliphatic rings. The van der Waals surface area contributed by atoms with Crippen LogP contribution < -0.4 is 10.2 Å². The van der Waals surface area contributed by atoms with Crippen LogP contribution in [0.1, 0.15) is 29.4 Å². The average molecular weight is 360 g/mol. The van der Waals surface area contributed by atoms with Gasteiger partial charge in [-0.25, -0.2) is 4.98 Å². The third kappa shape index (κ3) is 3.79. The molecule has 2 saturated heterocycles. The number of nitrogens with one attached hydrogen (secondary N) is 2. The first kappa shape index (κ1) is 17.2. The first-order valence-corrected chi connectivity index (χ1v) is 8.87. The topological polar surface area (TPSA) is 108 Å². The van der Waals surface area contributed by atoms with Crippen LogP contribution in [0.15, 0.2) is 12.1 Å². The van der Waals surface area contributed by atoms with Crippen LogP contribution in [0.4, 0.5) is 11.8 Å². The van der Waals surface area contributed by atoms with E-state index in [4.69, 9.17) is 14.5 Å². The van der Waals surface area contributed by atoms with Gasteiger partial charge in [0.25, 0.3) is 0 Å².